The summed E-state index contributed by atoms with van der Waals surface area (Å²) in [6.45, 7) is 3.87. The van der Waals surface area contributed by atoms with Gasteiger partial charge in [0.2, 0.25) is 5.91 Å². The van der Waals surface area contributed by atoms with Gasteiger partial charge < -0.3 is 9.47 Å². The summed E-state index contributed by atoms with van der Waals surface area (Å²) < 4.78 is 10.6. The maximum absolute atomic E-state index is 12.5. The van der Waals surface area contributed by atoms with E-state index in [1.54, 1.807) is 26.2 Å². The lowest BCUT2D eigenvalue weighted by atomic mass is 9.73. The minimum atomic E-state index is -0.0783. The van der Waals surface area contributed by atoms with Crippen LogP contribution in [-0.4, -0.2) is 30.8 Å². The molecule has 0 aromatic heterocycles. The molecule has 30 heavy (non-hydrogen) atoms. The van der Waals surface area contributed by atoms with Gasteiger partial charge in [-0.3, -0.25) is 4.79 Å². The largest absolute Gasteiger partial charge is 0.497 e. The molecule has 4 rings (SSSR count). The number of hydrogen-bond donors (Lipinski definition) is 0. The lowest BCUT2D eigenvalue weighted by Crippen LogP contribution is -2.32. The zero-order chi connectivity index (χ0) is 21.3. The summed E-state index contributed by atoms with van der Waals surface area (Å²) in [5.74, 6) is 2.33. The van der Waals surface area contributed by atoms with Gasteiger partial charge in [-0.25, -0.2) is 5.01 Å². The van der Waals surface area contributed by atoms with E-state index in [0.717, 1.165) is 41.2 Å². The smallest absolute Gasteiger partial charge is 0.240 e. The molecule has 0 saturated heterocycles. The Labute approximate surface area is 178 Å². The Balaban J connectivity index is 1.71. The van der Waals surface area contributed by atoms with Gasteiger partial charge in [-0.15, -0.1) is 0 Å². The van der Waals surface area contributed by atoms with Crippen LogP contribution in [0, 0.1) is 11.8 Å². The first-order valence-electron chi connectivity index (χ1n) is 10.4. The van der Waals surface area contributed by atoms with E-state index in [1.165, 1.54) is 5.57 Å². The quantitative estimate of drug-likeness (QED) is 0.713. The Hall–Kier alpha value is -3.08. The summed E-state index contributed by atoms with van der Waals surface area (Å²) in [7, 11) is 3.33. The molecule has 1 amide bonds. The molecular weight excluding hydrogens is 376 g/mol. The zero-order valence-electron chi connectivity index (χ0n) is 18.0. The topological polar surface area (TPSA) is 51.1 Å². The van der Waals surface area contributed by atoms with E-state index < -0.39 is 0 Å². The number of carbonyl (C=O) groups is 1. The number of carbonyl (C=O) groups excluding carboxylic acids is 1. The first-order valence-corrected chi connectivity index (χ1v) is 10.4. The molecule has 0 spiro atoms. The Morgan fingerprint density at radius 3 is 2.20 bits per heavy atom. The van der Waals surface area contributed by atoms with Crippen LogP contribution in [0.3, 0.4) is 0 Å². The summed E-state index contributed by atoms with van der Waals surface area (Å²) >= 11 is 0. The summed E-state index contributed by atoms with van der Waals surface area (Å²) in [4.78, 5) is 12.5. The van der Waals surface area contributed by atoms with Crippen molar-refractivity contribution in [2.24, 2.45) is 16.9 Å². The standard InChI is InChI=1S/C25H28N2O3/c1-16-13-20(15-18-5-9-21(29-3)10-6-18)24-23(14-16)25(27(26-24)17(2)28)19-7-11-22(30-4)12-8-19/h5-12,15-16,23,25H,13-14H2,1-4H3/b20-15+. The third-order valence-corrected chi connectivity index (χ3v) is 6.00. The number of rotatable bonds is 4. The van der Waals surface area contributed by atoms with Gasteiger partial charge in [0.1, 0.15) is 11.5 Å². The van der Waals surface area contributed by atoms with Crippen molar-refractivity contribution in [3.8, 4) is 11.5 Å². The maximum Gasteiger partial charge on any atom is 0.240 e. The van der Waals surface area contributed by atoms with Gasteiger partial charge in [-0.2, -0.15) is 5.10 Å². The third-order valence-electron chi connectivity index (χ3n) is 6.00. The van der Waals surface area contributed by atoms with Crippen molar-refractivity contribution in [3.63, 3.8) is 0 Å². The van der Waals surface area contributed by atoms with Gasteiger partial charge in [-0.1, -0.05) is 31.2 Å². The number of amides is 1. The normalized spacial score (nSPS) is 24.4. The molecule has 0 bridgehead atoms. The fourth-order valence-corrected chi connectivity index (χ4v) is 4.59. The minimum Gasteiger partial charge on any atom is -0.497 e. The van der Waals surface area contributed by atoms with Gasteiger partial charge in [0, 0.05) is 12.8 Å². The third kappa shape index (κ3) is 3.84. The first-order chi connectivity index (χ1) is 14.5. The minimum absolute atomic E-state index is 0.0332. The Morgan fingerprint density at radius 1 is 1.03 bits per heavy atom. The fraction of sp³-hybridized carbons (Fsp3) is 0.360. The van der Waals surface area contributed by atoms with Crippen LogP contribution in [0.2, 0.25) is 0 Å². The molecule has 2 aromatic carbocycles. The van der Waals surface area contributed by atoms with Crippen LogP contribution in [0.15, 0.2) is 59.2 Å². The van der Waals surface area contributed by atoms with Crippen molar-refractivity contribution in [1.29, 1.82) is 0 Å². The Kier molecular flexibility index (Phi) is 5.62. The second-order valence-electron chi connectivity index (χ2n) is 8.16. The molecule has 2 aliphatic rings. The van der Waals surface area contributed by atoms with E-state index in [4.69, 9.17) is 14.6 Å². The van der Waals surface area contributed by atoms with Gasteiger partial charge in [0.05, 0.1) is 26.0 Å². The summed E-state index contributed by atoms with van der Waals surface area (Å²) in [5.41, 5.74) is 4.46. The molecular formula is C25H28N2O3. The highest BCUT2D eigenvalue weighted by Gasteiger charge is 2.44. The molecule has 0 radical (unpaired) electrons. The fourth-order valence-electron chi connectivity index (χ4n) is 4.59. The molecule has 1 saturated carbocycles. The predicted octanol–water partition coefficient (Wildman–Crippen LogP) is 5.09. The number of nitrogens with zero attached hydrogens (tertiary/aromatic N) is 2. The molecule has 1 aliphatic heterocycles. The SMILES string of the molecule is COc1ccc(/C=C2\CC(C)CC3C2=NN(C(C)=O)C3c2ccc(OC)cc2)cc1. The van der Waals surface area contributed by atoms with Crippen LogP contribution in [0.1, 0.15) is 43.9 Å². The van der Waals surface area contributed by atoms with Crippen LogP contribution in [0.4, 0.5) is 0 Å². The van der Waals surface area contributed by atoms with Crippen molar-refractivity contribution in [2.45, 2.75) is 32.7 Å². The monoisotopic (exact) mass is 404 g/mol. The second kappa shape index (κ2) is 8.34. The molecule has 1 fully saturated rings. The van der Waals surface area contributed by atoms with Gasteiger partial charge >= 0.3 is 0 Å². The number of allylic oxidation sites excluding steroid dienone is 1. The van der Waals surface area contributed by atoms with E-state index in [2.05, 4.69) is 25.1 Å². The highest BCUT2D eigenvalue weighted by Crippen LogP contribution is 2.46. The second-order valence-corrected chi connectivity index (χ2v) is 8.16. The number of methoxy groups -OCH3 is 2. The zero-order valence-corrected chi connectivity index (χ0v) is 18.0. The van der Waals surface area contributed by atoms with Crippen molar-refractivity contribution in [1.82, 2.24) is 5.01 Å². The Bertz CT molecular complexity index is 976. The molecule has 156 valence electrons. The van der Waals surface area contributed by atoms with E-state index in [9.17, 15) is 4.79 Å². The van der Waals surface area contributed by atoms with Crippen molar-refractivity contribution < 1.29 is 14.3 Å². The molecule has 1 aliphatic carbocycles. The number of ether oxygens (including phenoxy) is 2. The summed E-state index contributed by atoms with van der Waals surface area (Å²) in [6.07, 6.45) is 4.18. The number of benzene rings is 2. The average Bonchev–Trinajstić information content (AvgIpc) is 3.14. The van der Waals surface area contributed by atoms with Crippen LogP contribution in [-0.2, 0) is 4.79 Å². The van der Waals surface area contributed by atoms with E-state index in [1.807, 2.05) is 36.4 Å². The highest BCUT2D eigenvalue weighted by atomic mass is 16.5. The van der Waals surface area contributed by atoms with Crippen LogP contribution in [0.25, 0.3) is 6.08 Å². The molecule has 2 aromatic rings. The number of hydrazone groups is 1. The van der Waals surface area contributed by atoms with Crippen molar-refractivity contribution >= 4 is 17.7 Å². The average molecular weight is 405 g/mol. The summed E-state index contributed by atoms with van der Waals surface area (Å²) in [5, 5.41) is 6.50. The number of hydrogen-bond acceptors (Lipinski definition) is 4. The van der Waals surface area contributed by atoms with Crippen LogP contribution >= 0.6 is 0 Å². The van der Waals surface area contributed by atoms with Gasteiger partial charge in [0.15, 0.2) is 0 Å². The van der Waals surface area contributed by atoms with Crippen molar-refractivity contribution in [2.75, 3.05) is 14.2 Å². The number of fused-ring (bicyclic) bond motifs is 1. The van der Waals surface area contributed by atoms with Crippen LogP contribution < -0.4 is 9.47 Å². The van der Waals surface area contributed by atoms with Gasteiger partial charge in [0.25, 0.3) is 0 Å². The van der Waals surface area contributed by atoms with Crippen LogP contribution in [0.5, 0.6) is 11.5 Å². The predicted molar refractivity (Wildman–Crippen MR) is 119 cm³/mol. The molecule has 5 nitrogen and oxygen atoms in total. The first kappa shape index (κ1) is 20.2. The van der Waals surface area contributed by atoms with E-state index >= 15 is 0 Å². The van der Waals surface area contributed by atoms with Crippen molar-refractivity contribution in [3.05, 3.63) is 65.2 Å². The molecule has 0 N–H and O–H groups in total. The molecule has 3 atom stereocenters. The van der Waals surface area contributed by atoms with E-state index in [0.29, 0.717) is 5.92 Å². The lowest BCUT2D eigenvalue weighted by Gasteiger charge is -2.32. The summed E-state index contributed by atoms with van der Waals surface area (Å²) in [6, 6.07) is 16.0. The maximum atomic E-state index is 12.5. The highest BCUT2D eigenvalue weighted by molar-refractivity contribution is 6.08. The Morgan fingerprint density at radius 2 is 1.63 bits per heavy atom. The lowest BCUT2D eigenvalue weighted by molar-refractivity contribution is -0.131. The molecule has 3 unspecified atom stereocenters. The molecule has 1 heterocycles. The molecule has 5 heteroatoms. The van der Waals surface area contributed by atoms with E-state index in [-0.39, 0.29) is 17.9 Å². The van der Waals surface area contributed by atoms with Gasteiger partial charge in [-0.05, 0) is 65.8 Å².